The fraction of sp³-hybridized carbons (Fsp3) is 0.200. The molecule has 2 heterocycles. The van der Waals surface area contributed by atoms with E-state index < -0.39 is 0 Å². The van der Waals surface area contributed by atoms with Crippen LogP contribution in [0, 0.1) is 0 Å². The summed E-state index contributed by atoms with van der Waals surface area (Å²) in [4.78, 5) is 3.94. The summed E-state index contributed by atoms with van der Waals surface area (Å²) in [6.45, 7) is 0.561. The first-order chi connectivity index (χ1) is 7.34. The highest BCUT2D eigenvalue weighted by atomic mass is 79.9. The maximum absolute atomic E-state index is 5.61. The molecule has 1 aromatic rings. The van der Waals surface area contributed by atoms with Gasteiger partial charge >= 0.3 is 0 Å². The maximum Gasteiger partial charge on any atom is 0.115 e. The number of ether oxygens (including phenoxy) is 1. The Balaban J connectivity index is 1.85. The third-order valence-electron chi connectivity index (χ3n) is 1.91. The normalized spacial score (nSPS) is 19.5. The van der Waals surface area contributed by atoms with Crippen LogP contribution in [0.25, 0.3) is 0 Å². The Morgan fingerprint density at radius 2 is 2.20 bits per heavy atom. The summed E-state index contributed by atoms with van der Waals surface area (Å²) in [5.74, 6) is 0. The van der Waals surface area contributed by atoms with Gasteiger partial charge in [0.2, 0.25) is 0 Å². The third-order valence-corrected chi connectivity index (χ3v) is 2.33. The number of pyridine rings is 1. The van der Waals surface area contributed by atoms with Gasteiger partial charge in [-0.05, 0) is 23.8 Å². The number of hydrogen-bond acceptors (Lipinski definition) is 4. The lowest BCUT2D eigenvalue weighted by molar-refractivity contribution is 0.113. The van der Waals surface area contributed by atoms with E-state index in [9.17, 15) is 0 Å². The van der Waals surface area contributed by atoms with Gasteiger partial charge < -0.3 is 4.74 Å². The molecule has 0 saturated heterocycles. The van der Waals surface area contributed by atoms with E-state index in [4.69, 9.17) is 4.74 Å². The molecule has 0 aliphatic carbocycles. The van der Waals surface area contributed by atoms with Gasteiger partial charge in [0.05, 0.1) is 29.0 Å². The second-order valence-electron chi connectivity index (χ2n) is 3.03. The third kappa shape index (κ3) is 3.14. The van der Waals surface area contributed by atoms with Crippen LogP contribution in [-0.2, 0) is 11.3 Å². The van der Waals surface area contributed by atoms with Gasteiger partial charge in [-0.2, -0.15) is 5.10 Å². The van der Waals surface area contributed by atoms with Crippen molar-refractivity contribution in [3.63, 3.8) is 0 Å². The lowest BCUT2D eigenvalue weighted by atomic mass is 10.3. The van der Waals surface area contributed by atoms with Crippen LogP contribution in [0.5, 0.6) is 0 Å². The zero-order valence-corrected chi connectivity index (χ0v) is 9.54. The average Bonchev–Trinajstić information content (AvgIpc) is 2.30. The minimum Gasteiger partial charge on any atom is -0.364 e. The molecule has 1 aliphatic rings. The second kappa shape index (κ2) is 5.04. The molecule has 1 atom stereocenters. The van der Waals surface area contributed by atoms with Crippen molar-refractivity contribution in [3.8, 4) is 0 Å². The van der Waals surface area contributed by atoms with Crippen molar-refractivity contribution in [1.29, 1.82) is 0 Å². The molecule has 1 aromatic heterocycles. The molecule has 0 amide bonds. The Morgan fingerprint density at radius 1 is 1.40 bits per heavy atom. The van der Waals surface area contributed by atoms with Crippen LogP contribution < -0.4 is 0 Å². The molecule has 0 saturated carbocycles. The van der Waals surface area contributed by atoms with Gasteiger partial charge in [-0.25, -0.2) is 4.03 Å². The van der Waals surface area contributed by atoms with Crippen molar-refractivity contribution in [2.24, 2.45) is 5.10 Å². The van der Waals surface area contributed by atoms with E-state index >= 15 is 0 Å². The molecular weight excluding hydrogens is 258 g/mol. The van der Waals surface area contributed by atoms with E-state index in [0.29, 0.717) is 6.61 Å². The van der Waals surface area contributed by atoms with Crippen molar-refractivity contribution < 1.29 is 4.74 Å². The zero-order chi connectivity index (χ0) is 10.5. The van der Waals surface area contributed by atoms with Gasteiger partial charge in [0.15, 0.2) is 0 Å². The van der Waals surface area contributed by atoms with Gasteiger partial charge in [-0.15, -0.1) is 0 Å². The number of rotatable bonds is 3. The molecule has 0 bridgehead atoms. The van der Waals surface area contributed by atoms with E-state index in [1.807, 2.05) is 18.2 Å². The smallest absolute Gasteiger partial charge is 0.115 e. The summed E-state index contributed by atoms with van der Waals surface area (Å²) in [6.07, 6.45) is 8.90. The molecule has 0 aromatic carbocycles. The van der Waals surface area contributed by atoms with Crippen LogP contribution in [0.2, 0.25) is 0 Å². The summed E-state index contributed by atoms with van der Waals surface area (Å²) >= 11 is 3.20. The molecular formula is C10H10BrN3O. The Kier molecular flexibility index (Phi) is 3.47. The fourth-order valence-corrected chi connectivity index (χ4v) is 1.39. The van der Waals surface area contributed by atoms with E-state index in [0.717, 1.165) is 5.56 Å². The largest absolute Gasteiger partial charge is 0.364 e. The Labute approximate surface area is 96.6 Å². The van der Waals surface area contributed by atoms with E-state index in [-0.39, 0.29) is 6.10 Å². The summed E-state index contributed by atoms with van der Waals surface area (Å²) < 4.78 is 7.16. The molecule has 15 heavy (non-hydrogen) atoms. The highest BCUT2D eigenvalue weighted by Gasteiger charge is 2.06. The Morgan fingerprint density at radius 3 is 2.87 bits per heavy atom. The van der Waals surface area contributed by atoms with Crippen molar-refractivity contribution >= 4 is 22.4 Å². The van der Waals surface area contributed by atoms with Gasteiger partial charge in [0.25, 0.3) is 0 Å². The monoisotopic (exact) mass is 267 g/mol. The van der Waals surface area contributed by atoms with Crippen molar-refractivity contribution in [1.82, 2.24) is 9.02 Å². The van der Waals surface area contributed by atoms with Crippen LogP contribution in [0.15, 0.2) is 41.9 Å². The predicted molar refractivity (Wildman–Crippen MR) is 61.2 cm³/mol. The summed E-state index contributed by atoms with van der Waals surface area (Å²) in [5, 5.41) is 4.02. The summed E-state index contributed by atoms with van der Waals surface area (Å²) in [7, 11) is 0. The highest BCUT2D eigenvalue weighted by molar-refractivity contribution is 9.07. The number of aromatic nitrogens is 1. The minimum absolute atomic E-state index is 0.0630. The van der Waals surface area contributed by atoms with E-state index in [1.165, 1.54) is 0 Å². The predicted octanol–water partition coefficient (Wildman–Crippen LogP) is 2.09. The van der Waals surface area contributed by atoms with Gasteiger partial charge in [-0.1, -0.05) is 0 Å². The van der Waals surface area contributed by atoms with Crippen LogP contribution in [0.1, 0.15) is 5.56 Å². The lowest BCUT2D eigenvalue weighted by Gasteiger charge is -2.15. The molecule has 0 N–H and O–H groups in total. The van der Waals surface area contributed by atoms with E-state index in [1.54, 1.807) is 28.8 Å². The molecule has 78 valence electrons. The number of halogens is 1. The van der Waals surface area contributed by atoms with Crippen LogP contribution >= 0.6 is 16.1 Å². The summed E-state index contributed by atoms with van der Waals surface area (Å²) in [6, 6.07) is 3.86. The van der Waals surface area contributed by atoms with Gasteiger partial charge in [0, 0.05) is 18.6 Å². The Hall–Kier alpha value is -1.20. The number of hydrazone groups is 1. The first kappa shape index (κ1) is 10.3. The quantitative estimate of drug-likeness (QED) is 0.788. The number of hydrogen-bond donors (Lipinski definition) is 0. The zero-order valence-electron chi connectivity index (χ0n) is 7.95. The maximum atomic E-state index is 5.61. The van der Waals surface area contributed by atoms with Crippen molar-refractivity contribution in [2.45, 2.75) is 12.7 Å². The van der Waals surface area contributed by atoms with E-state index in [2.05, 4.69) is 26.2 Å². The molecule has 2 rings (SSSR count). The second-order valence-corrected chi connectivity index (χ2v) is 3.75. The summed E-state index contributed by atoms with van der Waals surface area (Å²) in [5.41, 5.74) is 1.10. The molecule has 4 nitrogen and oxygen atoms in total. The Bertz CT molecular complexity index is 352. The SMILES string of the molecule is BrN1C=CC(OCc2ccncc2)C=N1. The minimum atomic E-state index is -0.0630. The molecule has 0 fully saturated rings. The molecule has 1 aliphatic heterocycles. The molecule has 5 heteroatoms. The molecule has 0 spiro atoms. The highest BCUT2D eigenvalue weighted by Crippen LogP contribution is 2.09. The number of nitrogens with zero attached hydrogens (tertiary/aromatic N) is 3. The van der Waals surface area contributed by atoms with Crippen LogP contribution in [-0.4, -0.2) is 21.3 Å². The molecule has 0 radical (unpaired) electrons. The first-order valence-corrected chi connectivity index (χ1v) is 5.23. The van der Waals surface area contributed by atoms with Crippen molar-refractivity contribution in [2.75, 3.05) is 0 Å². The fourth-order valence-electron chi connectivity index (χ4n) is 1.14. The van der Waals surface area contributed by atoms with Crippen LogP contribution in [0.3, 0.4) is 0 Å². The topological polar surface area (TPSA) is 37.7 Å². The van der Waals surface area contributed by atoms with Gasteiger partial charge in [0.1, 0.15) is 6.10 Å². The van der Waals surface area contributed by atoms with Gasteiger partial charge in [-0.3, -0.25) is 4.98 Å². The van der Waals surface area contributed by atoms with Crippen LogP contribution in [0.4, 0.5) is 0 Å². The standard InChI is InChI=1S/C10H10BrN3O/c11-14-6-3-10(7-13-14)15-8-9-1-4-12-5-2-9/h1-7,10H,8H2. The molecule has 1 unspecified atom stereocenters. The first-order valence-electron chi connectivity index (χ1n) is 4.52. The average molecular weight is 268 g/mol. The van der Waals surface area contributed by atoms with Crippen molar-refractivity contribution in [3.05, 3.63) is 42.4 Å². The lowest BCUT2D eigenvalue weighted by Crippen LogP contribution is -2.16.